The lowest BCUT2D eigenvalue weighted by Crippen LogP contribution is -2.43. The van der Waals surface area contributed by atoms with E-state index in [-0.39, 0.29) is 18.2 Å². The SMILES string of the molecule is CC[C@H]1OC(C)(C)O[C@H]1[C@H](N)Cc1ccc(-c2cc(Cl)cc(Cl)c2)cc1. The number of hydrogen-bond acceptors (Lipinski definition) is 3. The Kier molecular flexibility index (Phi) is 5.95. The number of ether oxygens (including phenoxy) is 2. The van der Waals surface area contributed by atoms with Crippen LogP contribution in [0.15, 0.2) is 42.5 Å². The third-order valence-corrected chi connectivity index (χ3v) is 5.10. The molecule has 5 heteroatoms. The van der Waals surface area contributed by atoms with Crippen molar-refractivity contribution in [2.75, 3.05) is 0 Å². The minimum Gasteiger partial charge on any atom is -0.345 e. The number of benzene rings is 2. The molecule has 1 heterocycles. The molecule has 3 atom stereocenters. The Morgan fingerprint density at radius 2 is 1.62 bits per heavy atom. The Bertz CT molecular complexity index is 741. The molecule has 1 aliphatic heterocycles. The maximum atomic E-state index is 6.45. The van der Waals surface area contributed by atoms with Crippen molar-refractivity contribution in [1.29, 1.82) is 0 Å². The van der Waals surface area contributed by atoms with Crippen LogP contribution in [0.1, 0.15) is 32.8 Å². The monoisotopic (exact) mass is 393 g/mol. The summed E-state index contributed by atoms with van der Waals surface area (Å²) in [5.74, 6) is -0.571. The van der Waals surface area contributed by atoms with Crippen LogP contribution in [0.25, 0.3) is 11.1 Å². The van der Waals surface area contributed by atoms with Crippen molar-refractivity contribution < 1.29 is 9.47 Å². The molecule has 3 nitrogen and oxygen atoms in total. The van der Waals surface area contributed by atoms with Crippen molar-refractivity contribution in [2.24, 2.45) is 5.73 Å². The number of halogens is 2. The fraction of sp³-hybridized carbons (Fsp3) is 0.429. The standard InChI is InChI=1S/C21H25Cl2NO2/c1-4-19-20(26-21(2,3)25-19)18(24)9-13-5-7-14(8-6-13)15-10-16(22)12-17(23)11-15/h5-8,10-12,18-20H,4,9,24H2,1-3H3/t18-,19-,20+/m1/s1. The van der Waals surface area contributed by atoms with E-state index in [9.17, 15) is 0 Å². The zero-order chi connectivity index (χ0) is 18.9. The summed E-state index contributed by atoms with van der Waals surface area (Å²) in [6, 6.07) is 13.7. The molecular formula is C21H25Cl2NO2. The lowest BCUT2D eigenvalue weighted by molar-refractivity contribution is -0.147. The van der Waals surface area contributed by atoms with Crippen molar-refractivity contribution in [1.82, 2.24) is 0 Å². The maximum absolute atomic E-state index is 6.45. The van der Waals surface area contributed by atoms with Gasteiger partial charge in [0.25, 0.3) is 0 Å². The van der Waals surface area contributed by atoms with E-state index in [1.165, 1.54) is 0 Å². The van der Waals surface area contributed by atoms with Gasteiger partial charge in [0.2, 0.25) is 0 Å². The molecule has 0 saturated carbocycles. The molecule has 3 rings (SSSR count). The van der Waals surface area contributed by atoms with Gasteiger partial charge >= 0.3 is 0 Å². The molecule has 1 fully saturated rings. The van der Waals surface area contributed by atoms with Crippen LogP contribution < -0.4 is 5.73 Å². The van der Waals surface area contributed by atoms with E-state index in [0.717, 1.165) is 29.5 Å². The van der Waals surface area contributed by atoms with Crippen LogP contribution in [0, 0.1) is 0 Å². The molecule has 0 bridgehead atoms. The summed E-state index contributed by atoms with van der Waals surface area (Å²) in [5.41, 5.74) is 9.68. The predicted molar refractivity (Wildman–Crippen MR) is 108 cm³/mol. The largest absolute Gasteiger partial charge is 0.345 e. The molecule has 0 aliphatic carbocycles. The summed E-state index contributed by atoms with van der Waals surface area (Å²) in [5, 5.41) is 1.26. The van der Waals surface area contributed by atoms with Crippen LogP contribution in [0.3, 0.4) is 0 Å². The molecule has 2 N–H and O–H groups in total. The number of hydrogen-bond donors (Lipinski definition) is 1. The summed E-state index contributed by atoms with van der Waals surface area (Å²) < 4.78 is 12.0. The second kappa shape index (κ2) is 7.87. The molecule has 0 amide bonds. The minimum atomic E-state index is -0.571. The average molecular weight is 394 g/mol. The zero-order valence-electron chi connectivity index (χ0n) is 15.3. The van der Waals surface area contributed by atoms with Gasteiger partial charge in [-0.1, -0.05) is 54.4 Å². The van der Waals surface area contributed by atoms with Crippen molar-refractivity contribution in [2.45, 2.75) is 57.6 Å². The van der Waals surface area contributed by atoms with Gasteiger partial charge in [-0.25, -0.2) is 0 Å². The van der Waals surface area contributed by atoms with Crippen LogP contribution in [-0.4, -0.2) is 24.0 Å². The Morgan fingerprint density at radius 1 is 1.00 bits per heavy atom. The van der Waals surface area contributed by atoms with Crippen LogP contribution in [0.4, 0.5) is 0 Å². The average Bonchev–Trinajstić information content (AvgIpc) is 2.90. The second-order valence-corrected chi connectivity index (χ2v) is 8.14. The third kappa shape index (κ3) is 4.59. The molecule has 0 spiro atoms. The Balaban J connectivity index is 1.71. The zero-order valence-corrected chi connectivity index (χ0v) is 16.8. The quantitative estimate of drug-likeness (QED) is 0.732. The molecule has 26 heavy (non-hydrogen) atoms. The highest BCUT2D eigenvalue weighted by Gasteiger charge is 2.42. The minimum absolute atomic E-state index is 0.0351. The molecule has 1 saturated heterocycles. The first-order valence-electron chi connectivity index (χ1n) is 8.94. The lowest BCUT2D eigenvalue weighted by atomic mass is 9.96. The predicted octanol–water partition coefficient (Wildman–Crippen LogP) is 5.46. The normalized spacial score (nSPS) is 23.2. The molecule has 0 unspecified atom stereocenters. The van der Waals surface area contributed by atoms with Crippen LogP contribution in [0.2, 0.25) is 10.0 Å². The fourth-order valence-corrected chi connectivity index (χ4v) is 4.01. The van der Waals surface area contributed by atoms with Gasteiger partial charge in [-0.3, -0.25) is 0 Å². The van der Waals surface area contributed by atoms with E-state index < -0.39 is 5.79 Å². The molecule has 0 aromatic heterocycles. The fourth-order valence-electron chi connectivity index (χ4n) is 3.48. The van der Waals surface area contributed by atoms with Gasteiger partial charge in [-0.05, 0) is 61.6 Å². The molecule has 2 aromatic carbocycles. The van der Waals surface area contributed by atoms with Gasteiger partial charge in [0, 0.05) is 16.1 Å². The van der Waals surface area contributed by atoms with Gasteiger partial charge < -0.3 is 15.2 Å². The van der Waals surface area contributed by atoms with E-state index >= 15 is 0 Å². The molecule has 140 valence electrons. The highest BCUT2D eigenvalue weighted by molar-refractivity contribution is 6.35. The first-order chi connectivity index (χ1) is 12.3. The Labute approximate surface area is 165 Å². The Morgan fingerprint density at radius 3 is 2.19 bits per heavy atom. The van der Waals surface area contributed by atoms with E-state index in [1.54, 1.807) is 6.07 Å². The first kappa shape index (κ1) is 19.7. The van der Waals surface area contributed by atoms with Crippen molar-refractivity contribution in [3.05, 3.63) is 58.1 Å². The highest BCUT2D eigenvalue weighted by Crippen LogP contribution is 2.32. The smallest absolute Gasteiger partial charge is 0.163 e. The van der Waals surface area contributed by atoms with Gasteiger partial charge in [-0.15, -0.1) is 0 Å². The van der Waals surface area contributed by atoms with E-state index in [4.69, 9.17) is 38.4 Å². The molecule has 1 aliphatic rings. The van der Waals surface area contributed by atoms with Crippen molar-refractivity contribution in [3.8, 4) is 11.1 Å². The molecular weight excluding hydrogens is 369 g/mol. The van der Waals surface area contributed by atoms with Crippen LogP contribution >= 0.6 is 23.2 Å². The second-order valence-electron chi connectivity index (χ2n) is 7.27. The van der Waals surface area contributed by atoms with Gasteiger partial charge in [0.15, 0.2) is 5.79 Å². The number of nitrogens with two attached hydrogens (primary N) is 1. The van der Waals surface area contributed by atoms with E-state index in [0.29, 0.717) is 10.0 Å². The summed E-state index contributed by atoms with van der Waals surface area (Å²) in [6.45, 7) is 5.97. The van der Waals surface area contributed by atoms with Crippen LogP contribution in [-0.2, 0) is 15.9 Å². The highest BCUT2D eigenvalue weighted by atomic mass is 35.5. The molecule has 0 radical (unpaired) electrons. The third-order valence-electron chi connectivity index (χ3n) is 4.67. The van der Waals surface area contributed by atoms with E-state index in [1.807, 2.05) is 26.0 Å². The summed E-state index contributed by atoms with van der Waals surface area (Å²) in [6.07, 6.45) is 1.56. The molecule has 2 aromatic rings. The van der Waals surface area contributed by atoms with Crippen LogP contribution in [0.5, 0.6) is 0 Å². The summed E-state index contributed by atoms with van der Waals surface area (Å²) in [4.78, 5) is 0. The van der Waals surface area contributed by atoms with Crippen molar-refractivity contribution >= 4 is 23.2 Å². The Hall–Kier alpha value is -1.10. The van der Waals surface area contributed by atoms with Gasteiger partial charge in [0.1, 0.15) is 6.10 Å². The summed E-state index contributed by atoms with van der Waals surface area (Å²) in [7, 11) is 0. The maximum Gasteiger partial charge on any atom is 0.163 e. The van der Waals surface area contributed by atoms with Gasteiger partial charge in [-0.2, -0.15) is 0 Å². The first-order valence-corrected chi connectivity index (χ1v) is 9.69. The topological polar surface area (TPSA) is 44.5 Å². The van der Waals surface area contributed by atoms with Gasteiger partial charge in [0.05, 0.1) is 6.10 Å². The van der Waals surface area contributed by atoms with E-state index in [2.05, 4.69) is 31.2 Å². The number of rotatable bonds is 5. The van der Waals surface area contributed by atoms with Crippen molar-refractivity contribution in [3.63, 3.8) is 0 Å². The summed E-state index contributed by atoms with van der Waals surface area (Å²) >= 11 is 12.2. The lowest BCUT2D eigenvalue weighted by Gasteiger charge is -2.23.